The van der Waals surface area contributed by atoms with Gasteiger partial charge in [0.1, 0.15) is 6.61 Å². The summed E-state index contributed by atoms with van der Waals surface area (Å²) < 4.78 is 44.1. The van der Waals surface area contributed by atoms with Crippen LogP contribution in [0.25, 0.3) is 0 Å². The summed E-state index contributed by atoms with van der Waals surface area (Å²) >= 11 is 5.34. The molecule has 0 saturated carbocycles. The summed E-state index contributed by atoms with van der Waals surface area (Å²) in [6, 6.07) is 3.22. The Kier molecular flexibility index (Phi) is 7.03. The number of halogens is 4. The molecule has 23 heavy (non-hydrogen) atoms. The van der Waals surface area contributed by atoms with E-state index < -0.39 is 23.6 Å². The van der Waals surface area contributed by atoms with E-state index in [-0.39, 0.29) is 11.1 Å². The smallest absolute Gasteiger partial charge is 0.416 e. The minimum absolute atomic E-state index is 0.240. The second-order valence-electron chi connectivity index (χ2n) is 4.48. The standard InChI is InChI=1S/C16H15ClF3NO2/c1-3-4-6-11(2)21-10-23-9-13-12(15(17)22)7-5-8-14(13)16(18,19)20/h3-8,10H,9H2,1-2H3/b4-3-,11-6-,21-10+. The van der Waals surface area contributed by atoms with Crippen molar-refractivity contribution in [3.63, 3.8) is 0 Å². The van der Waals surface area contributed by atoms with Crippen molar-refractivity contribution in [3.8, 4) is 0 Å². The minimum Gasteiger partial charge on any atom is -0.478 e. The number of hydrogen-bond donors (Lipinski definition) is 0. The molecule has 0 amide bonds. The monoisotopic (exact) mass is 345 g/mol. The fraction of sp³-hybridized carbons (Fsp3) is 0.250. The molecule has 124 valence electrons. The Labute approximate surface area is 137 Å². The van der Waals surface area contributed by atoms with Crippen LogP contribution in [0.5, 0.6) is 0 Å². The third-order valence-electron chi connectivity index (χ3n) is 2.78. The maximum Gasteiger partial charge on any atom is 0.416 e. The topological polar surface area (TPSA) is 38.7 Å². The van der Waals surface area contributed by atoms with Crippen molar-refractivity contribution in [1.29, 1.82) is 0 Å². The molecule has 1 rings (SSSR count). The summed E-state index contributed by atoms with van der Waals surface area (Å²) in [6.07, 6.45) is 1.69. The van der Waals surface area contributed by atoms with Crippen molar-refractivity contribution in [2.24, 2.45) is 4.99 Å². The average Bonchev–Trinajstić information content (AvgIpc) is 2.48. The molecule has 0 radical (unpaired) electrons. The van der Waals surface area contributed by atoms with E-state index in [4.69, 9.17) is 16.3 Å². The molecular weight excluding hydrogens is 331 g/mol. The molecule has 0 saturated heterocycles. The van der Waals surface area contributed by atoms with Gasteiger partial charge in [-0.3, -0.25) is 4.79 Å². The summed E-state index contributed by atoms with van der Waals surface area (Å²) in [5.41, 5.74) is -0.906. The maximum atomic E-state index is 13.0. The van der Waals surface area contributed by atoms with Gasteiger partial charge in [-0.15, -0.1) is 0 Å². The molecule has 1 aromatic carbocycles. The third kappa shape index (κ3) is 5.90. The van der Waals surface area contributed by atoms with Crippen LogP contribution in [0.1, 0.15) is 35.3 Å². The van der Waals surface area contributed by atoms with Crippen LogP contribution in [0.4, 0.5) is 13.2 Å². The number of ether oxygens (including phenoxy) is 1. The van der Waals surface area contributed by atoms with E-state index in [1.165, 1.54) is 6.07 Å². The van der Waals surface area contributed by atoms with E-state index in [1.54, 1.807) is 25.2 Å². The Bertz CT molecular complexity index is 649. The zero-order valence-electron chi connectivity index (χ0n) is 12.5. The second-order valence-corrected chi connectivity index (χ2v) is 4.83. The number of nitrogens with zero attached hydrogens (tertiary/aromatic N) is 1. The molecule has 0 aromatic heterocycles. The highest BCUT2D eigenvalue weighted by molar-refractivity contribution is 6.67. The highest BCUT2D eigenvalue weighted by Crippen LogP contribution is 2.34. The molecule has 0 aliphatic rings. The van der Waals surface area contributed by atoms with Gasteiger partial charge in [0.15, 0.2) is 6.40 Å². The lowest BCUT2D eigenvalue weighted by Gasteiger charge is -2.14. The first-order valence-corrected chi connectivity index (χ1v) is 6.97. The van der Waals surface area contributed by atoms with Crippen LogP contribution < -0.4 is 0 Å². The van der Waals surface area contributed by atoms with Crippen LogP contribution in [0, 0.1) is 0 Å². The van der Waals surface area contributed by atoms with Crippen molar-refractivity contribution in [3.05, 3.63) is 58.8 Å². The number of hydrogen-bond acceptors (Lipinski definition) is 3. The first kappa shape index (κ1) is 19.0. The lowest BCUT2D eigenvalue weighted by Crippen LogP contribution is -2.13. The summed E-state index contributed by atoms with van der Waals surface area (Å²) in [5.74, 6) is 0. The molecule has 0 spiro atoms. The molecule has 0 heterocycles. The molecule has 0 fully saturated rings. The van der Waals surface area contributed by atoms with Crippen molar-refractivity contribution in [2.75, 3.05) is 0 Å². The van der Waals surface area contributed by atoms with E-state index in [9.17, 15) is 18.0 Å². The van der Waals surface area contributed by atoms with Crippen molar-refractivity contribution >= 4 is 23.2 Å². The molecule has 7 heteroatoms. The van der Waals surface area contributed by atoms with Crippen LogP contribution in [-0.2, 0) is 17.5 Å². The normalized spacial score (nSPS) is 13.0. The lowest BCUT2D eigenvalue weighted by molar-refractivity contribution is -0.138. The minimum atomic E-state index is -4.61. The molecule has 0 N–H and O–H groups in total. The number of aliphatic imine (C=N–C) groups is 1. The van der Waals surface area contributed by atoms with E-state index in [2.05, 4.69) is 4.99 Å². The maximum absolute atomic E-state index is 13.0. The van der Waals surface area contributed by atoms with Crippen LogP contribution >= 0.6 is 11.6 Å². The van der Waals surface area contributed by atoms with Gasteiger partial charge in [-0.1, -0.05) is 18.2 Å². The fourth-order valence-electron chi connectivity index (χ4n) is 1.71. The summed E-state index contributed by atoms with van der Waals surface area (Å²) in [4.78, 5) is 15.2. The predicted molar refractivity (Wildman–Crippen MR) is 83.5 cm³/mol. The van der Waals surface area contributed by atoms with Gasteiger partial charge in [0.2, 0.25) is 0 Å². The Morgan fingerprint density at radius 1 is 1.39 bits per heavy atom. The van der Waals surface area contributed by atoms with Crippen molar-refractivity contribution < 1.29 is 22.7 Å². The van der Waals surface area contributed by atoms with Crippen LogP contribution in [0.3, 0.4) is 0 Å². The zero-order chi connectivity index (χ0) is 17.5. The molecule has 0 unspecified atom stereocenters. The predicted octanol–water partition coefficient (Wildman–Crippen LogP) is 5.11. The highest BCUT2D eigenvalue weighted by Gasteiger charge is 2.34. The average molecular weight is 346 g/mol. The number of benzene rings is 1. The quantitative estimate of drug-likeness (QED) is 0.311. The van der Waals surface area contributed by atoms with Crippen molar-refractivity contribution in [2.45, 2.75) is 26.6 Å². The van der Waals surface area contributed by atoms with Crippen LogP contribution in [0.15, 0.2) is 47.1 Å². The number of rotatable bonds is 6. The first-order chi connectivity index (χ1) is 10.8. The van der Waals surface area contributed by atoms with E-state index in [0.29, 0.717) is 5.70 Å². The molecule has 3 nitrogen and oxygen atoms in total. The highest BCUT2D eigenvalue weighted by atomic mass is 35.5. The Morgan fingerprint density at radius 3 is 2.65 bits per heavy atom. The fourth-order valence-corrected chi connectivity index (χ4v) is 1.89. The van der Waals surface area contributed by atoms with Crippen molar-refractivity contribution in [1.82, 2.24) is 0 Å². The molecule has 1 aromatic rings. The first-order valence-electron chi connectivity index (χ1n) is 6.60. The van der Waals surface area contributed by atoms with Crippen LogP contribution in [-0.4, -0.2) is 11.6 Å². The van der Waals surface area contributed by atoms with Gasteiger partial charge in [0.25, 0.3) is 5.24 Å². The SMILES string of the molecule is C\C=C/C=C(C)\N=C\OCc1c(C(=O)Cl)cccc1C(F)(F)F. The Hall–Kier alpha value is -2.08. The van der Waals surface area contributed by atoms with E-state index in [1.807, 2.05) is 6.92 Å². The zero-order valence-corrected chi connectivity index (χ0v) is 13.3. The van der Waals surface area contributed by atoms with Gasteiger partial charge in [-0.2, -0.15) is 13.2 Å². The molecular formula is C16H15ClF3NO2. The van der Waals surface area contributed by atoms with Gasteiger partial charge in [-0.05, 0) is 43.7 Å². The summed E-state index contributed by atoms with van der Waals surface area (Å²) in [5, 5.41) is -0.976. The van der Waals surface area contributed by atoms with Gasteiger partial charge in [0, 0.05) is 16.8 Å². The second kappa shape index (κ2) is 8.53. The lowest BCUT2D eigenvalue weighted by atomic mass is 10.0. The molecule has 0 aliphatic carbocycles. The molecule has 0 bridgehead atoms. The Balaban J connectivity index is 2.99. The number of carbonyl (C=O) groups is 1. The van der Waals surface area contributed by atoms with Gasteiger partial charge < -0.3 is 4.74 Å². The van der Waals surface area contributed by atoms with Gasteiger partial charge in [0.05, 0.1) is 5.56 Å². The summed E-state index contributed by atoms with van der Waals surface area (Å²) in [6.45, 7) is 3.07. The number of alkyl halides is 3. The molecule has 0 aliphatic heterocycles. The largest absolute Gasteiger partial charge is 0.478 e. The van der Waals surface area contributed by atoms with Gasteiger partial charge in [-0.25, -0.2) is 4.99 Å². The van der Waals surface area contributed by atoms with Gasteiger partial charge >= 0.3 is 6.18 Å². The van der Waals surface area contributed by atoms with E-state index in [0.717, 1.165) is 18.5 Å². The van der Waals surface area contributed by atoms with Crippen LogP contribution in [0.2, 0.25) is 0 Å². The summed E-state index contributed by atoms with van der Waals surface area (Å²) in [7, 11) is 0. The Morgan fingerprint density at radius 2 is 2.09 bits per heavy atom. The molecule has 0 atom stereocenters. The third-order valence-corrected chi connectivity index (χ3v) is 2.99. The number of carbonyl (C=O) groups excluding carboxylic acids is 1. The van der Waals surface area contributed by atoms with E-state index >= 15 is 0 Å². The number of allylic oxidation sites excluding steroid dienone is 4.